The lowest BCUT2D eigenvalue weighted by atomic mass is 10.1. The van der Waals surface area contributed by atoms with Crippen molar-refractivity contribution in [1.82, 2.24) is 9.80 Å². The van der Waals surface area contributed by atoms with Crippen molar-refractivity contribution >= 4 is 11.8 Å². The molecule has 0 aromatic heterocycles. The zero-order chi connectivity index (χ0) is 16.1. The zero-order valence-electron chi connectivity index (χ0n) is 12.6. The van der Waals surface area contributed by atoms with Gasteiger partial charge in [-0.2, -0.15) is 0 Å². The lowest BCUT2D eigenvalue weighted by molar-refractivity contribution is -0.131. The summed E-state index contributed by atoms with van der Waals surface area (Å²) in [6.07, 6.45) is 1.91. The summed E-state index contributed by atoms with van der Waals surface area (Å²) < 4.78 is 26.9. The van der Waals surface area contributed by atoms with E-state index in [-0.39, 0.29) is 11.5 Å². The molecular weight excluding hydrogens is 290 g/mol. The van der Waals surface area contributed by atoms with Crippen LogP contribution in [0.15, 0.2) is 18.2 Å². The van der Waals surface area contributed by atoms with Crippen LogP contribution in [-0.4, -0.2) is 47.8 Å². The van der Waals surface area contributed by atoms with E-state index >= 15 is 0 Å². The molecule has 0 N–H and O–H groups in total. The summed E-state index contributed by atoms with van der Waals surface area (Å²) in [5.41, 5.74) is -0.256. The van der Waals surface area contributed by atoms with E-state index in [1.165, 1.54) is 4.90 Å². The SMILES string of the molecule is CCCC(=O)N1CCCN(C(=O)c2cc(F)ccc2F)CC1. The fourth-order valence-electron chi connectivity index (χ4n) is 2.57. The second kappa shape index (κ2) is 7.33. The molecule has 1 aromatic carbocycles. The van der Waals surface area contributed by atoms with E-state index in [1.54, 1.807) is 4.90 Å². The summed E-state index contributed by atoms with van der Waals surface area (Å²) in [7, 11) is 0. The van der Waals surface area contributed by atoms with Crippen LogP contribution in [0.3, 0.4) is 0 Å². The van der Waals surface area contributed by atoms with Crippen LogP contribution < -0.4 is 0 Å². The molecule has 2 amide bonds. The van der Waals surface area contributed by atoms with Gasteiger partial charge < -0.3 is 9.80 Å². The van der Waals surface area contributed by atoms with Gasteiger partial charge in [0.1, 0.15) is 11.6 Å². The summed E-state index contributed by atoms with van der Waals surface area (Å²) in [5.74, 6) is -1.82. The summed E-state index contributed by atoms with van der Waals surface area (Å²) in [4.78, 5) is 27.5. The van der Waals surface area contributed by atoms with Crippen molar-refractivity contribution in [3.63, 3.8) is 0 Å². The largest absolute Gasteiger partial charge is 0.341 e. The van der Waals surface area contributed by atoms with E-state index < -0.39 is 17.5 Å². The van der Waals surface area contributed by atoms with Gasteiger partial charge >= 0.3 is 0 Å². The van der Waals surface area contributed by atoms with Gasteiger partial charge in [0.2, 0.25) is 5.91 Å². The molecule has 0 saturated carbocycles. The molecule has 6 heteroatoms. The highest BCUT2D eigenvalue weighted by Crippen LogP contribution is 2.15. The Morgan fingerprint density at radius 2 is 1.77 bits per heavy atom. The third kappa shape index (κ3) is 3.81. The molecule has 0 bridgehead atoms. The first-order valence-corrected chi connectivity index (χ1v) is 7.55. The van der Waals surface area contributed by atoms with Crippen molar-refractivity contribution in [2.45, 2.75) is 26.2 Å². The average Bonchev–Trinajstić information content (AvgIpc) is 2.75. The number of carbonyl (C=O) groups is 2. The van der Waals surface area contributed by atoms with Crippen LogP contribution in [-0.2, 0) is 4.79 Å². The number of nitrogens with zero attached hydrogens (tertiary/aromatic N) is 2. The molecule has 1 aliphatic rings. The molecule has 1 heterocycles. The predicted molar refractivity (Wildman–Crippen MR) is 78.4 cm³/mol. The van der Waals surface area contributed by atoms with Crippen LogP contribution in [0.4, 0.5) is 8.78 Å². The highest BCUT2D eigenvalue weighted by molar-refractivity contribution is 5.94. The minimum absolute atomic E-state index is 0.0775. The van der Waals surface area contributed by atoms with Crippen LogP contribution in [0.1, 0.15) is 36.5 Å². The molecule has 0 unspecified atom stereocenters. The molecule has 120 valence electrons. The second-order valence-corrected chi connectivity index (χ2v) is 5.40. The van der Waals surface area contributed by atoms with E-state index in [4.69, 9.17) is 0 Å². The Bertz CT molecular complexity index is 563. The van der Waals surface area contributed by atoms with Crippen LogP contribution >= 0.6 is 0 Å². The molecule has 0 atom stereocenters. The van der Waals surface area contributed by atoms with Crippen LogP contribution in [0.25, 0.3) is 0 Å². The van der Waals surface area contributed by atoms with Gasteiger partial charge in [-0.05, 0) is 31.0 Å². The Hall–Kier alpha value is -1.98. The van der Waals surface area contributed by atoms with E-state index in [0.717, 1.165) is 24.6 Å². The summed E-state index contributed by atoms with van der Waals surface area (Å²) >= 11 is 0. The fraction of sp³-hybridized carbons (Fsp3) is 0.500. The number of hydrogen-bond donors (Lipinski definition) is 0. The molecular formula is C16H20F2N2O2. The van der Waals surface area contributed by atoms with Gasteiger partial charge in [0.15, 0.2) is 0 Å². The normalized spacial score (nSPS) is 15.6. The fourth-order valence-corrected chi connectivity index (χ4v) is 2.57. The monoisotopic (exact) mass is 310 g/mol. The first-order chi connectivity index (χ1) is 10.5. The van der Waals surface area contributed by atoms with E-state index in [0.29, 0.717) is 39.0 Å². The Labute approximate surface area is 128 Å². The molecule has 0 radical (unpaired) electrons. The summed E-state index contributed by atoms with van der Waals surface area (Å²) in [5, 5.41) is 0. The molecule has 1 fully saturated rings. The highest BCUT2D eigenvalue weighted by Gasteiger charge is 2.24. The number of halogens is 2. The molecule has 4 nitrogen and oxygen atoms in total. The van der Waals surface area contributed by atoms with E-state index in [2.05, 4.69) is 0 Å². The molecule has 1 saturated heterocycles. The van der Waals surface area contributed by atoms with Crippen LogP contribution in [0.2, 0.25) is 0 Å². The average molecular weight is 310 g/mol. The Morgan fingerprint density at radius 3 is 2.50 bits per heavy atom. The third-order valence-corrected chi connectivity index (χ3v) is 3.76. The predicted octanol–water partition coefficient (Wildman–Crippen LogP) is 2.44. The standard InChI is InChI=1S/C16H20F2N2O2/c1-2-4-15(21)19-7-3-8-20(10-9-19)16(22)13-11-12(17)5-6-14(13)18/h5-6,11H,2-4,7-10H2,1H3. The van der Waals surface area contributed by atoms with Gasteiger partial charge in [-0.1, -0.05) is 6.92 Å². The van der Waals surface area contributed by atoms with Crippen molar-refractivity contribution in [2.24, 2.45) is 0 Å². The van der Waals surface area contributed by atoms with Crippen molar-refractivity contribution in [1.29, 1.82) is 0 Å². The lowest BCUT2D eigenvalue weighted by Crippen LogP contribution is -2.37. The van der Waals surface area contributed by atoms with Crippen molar-refractivity contribution < 1.29 is 18.4 Å². The number of amides is 2. The lowest BCUT2D eigenvalue weighted by Gasteiger charge is -2.22. The summed E-state index contributed by atoms with van der Waals surface area (Å²) in [6.45, 7) is 3.74. The quantitative estimate of drug-likeness (QED) is 0.860. The third-order valence-electron chi connectivity index (χ3n) is 3.76. The van der Waals surface area contributed by atoms with Crippen molar-refractivity contribution in [3.8, 4) is 0 Å². The maximum atomic E-state index is 13.7. The Morgan fingerprint density at radius 1 is 1.09 bits per heavy atom. The molecule has 22 heavy (non-hydrogen) atoms. The smallest absolute Gasteiger partial charge is 0.256 e. The molecule has 2 rings (SSSR count). The maximum absolute atomic E-state index is 13.7. The minimum atomic E-state index is -0.727. The van der Waals surface area contributed by atoms with Gasteiger partial charge in [0, 0.05) is 32.6 Å². The first kappa shape index (κ1) is 16.4. The van der Waals surface area contributed by atoms with Gasteiger partial charge in [0.25, 0.3) is 5.91 Å². The number of benzene rings is 1. The molecule has 1 aromatic rings. The zero-order valence-corrected chi connectivity index (χ0v) is 12.6. The Balaban J connectivity index is 2.06. The van der Waals surface area contributed by atoms with Crippen LogP contribution in [0, 0.1) is 11.6 Å². The Kier molecular flexibility index (Phi) is 5.46. The summed E-state index contributed by atoms with van der Waals surface area (Å²) in [6, 6.07) is 2.86. The van der Waals surface area contributed by atoms with Crippen molar-refractivity contribution in [2.75, 3.05) is 26.2 Å². The highest BCUT2D eigenvalue weighted by atomic mass is 19.1. The van der Waals surface area contributed by atoms with Gasteiger partial charge in [-0.25, -0.2) is 8.78 Å². The van der Waals surface area contributed by atoms with Gasteiger partial charge in [-0.3, -0.25) is 9.59 Å². The van der Waals surface area contributed by atoms with Crippen molar-refractivity contribution in [3.05, 3.63) is 35.4 Å². The maximum Gasteiger partial charge on any atom is 0.256 e. The van der Waals surface area contributed by atoms with E-state index in [9.17, 15) is 18.4 Å². The first-order valence-electron chi connectivity index (χ1n) is 7.55. The molecule has 0 aliphatic carbocycles. The second-order valence-electron chi connectivity index (χ2n) is 5.40. The molecule has 1 aliphatic heterocycles. The number of rotatable bonds is 3. The van der Waals surface area contributed by atoms with Gasteiger partial charge in [0.05, 0.1) is 5.56 Å². The number of hydrogen-bond acceptors (Lipinski definition) is 2. The number of carbonyl (C=O) groups excluding carboxylic acids is 2. The molecule has 0 spiro atoms. The minimum Gasteiger partial charge on any atom is -0.341 e. The van der Waals surface area contributed by atoms with Gasteiger partial charge in [-0.15, -0.1) is 0 Å². The van der Waals surface area contributed by atoms with Crippen LogP contribution in [0.5, 0.6) is 0 Å². The van der Waals surface area contributed by atoms with E-state index in [1.807, 2.05) is 6.92 Å². The topological polar surface area (TPSA) is 40.6 Å².